The number of primary amides is 1. The van der Waals surface area contributed by atoms with Gasteiger partial charge in [0.25, 0.3) is 0 Å². The van der Waals surface area contributed by atoms with Gasteiger partial charge in [0.2, 0.25) is 5.91 Å². The minimum Gasteiger partial charge on any atom is -0.397 e. The van der Waals surface area contributed by atoms with Crippen LogP contribution in [0.5, 0.6) is 0 Å². The summed E-state index contributed by atoms with van der Waals surface area (Å²) in [5.74, 6) is -0.410. The van der Waals surface area contributed by atoms with Gasteiger partial charge in [0.05, 0.1) is 11.4 Å². The quantitative estimate of drug-likeness (QED) is 0.821. The molecule has 0 spiro atoms. The number of anilines is 2. The smallest absolute Gasteiger partial charge is 0.248 e. The Balaban J connectivity index is 2.13. The molecule has 4 nitrogen and oxygen atoms in total. The molecule has 0 atom stereocenters. The number of carbonyl (C=O) groups is 1. The minimum atomic E-state index is -0.410. The van der Waals surface area contributed by atoms with Crippen molar-refractivity contribution in [2.75, 3.05) is 17.7 Å². The van der Waals surface area contributed by atoms with Crippen LogP contribution in [-0.4, -0.2) is 13.0 Å². The normalized spacial score (nSPS) is 10.2. The molecule has 0 radical (unpaired) electrons. The van der Waals surface area contributed by atoms with E-state index in [-0.39, 0.29) is 0 Å². The summed E-state index contributed by atoms with van der Waals surface area (Å²) in [6.45, 7) is 0.716. The molecule has 2 rings (SSSR count). The molecule has 0 heterocycles. The lowest BCUT2D eigenvalue weighted by atomic mass is 10.1. The number of rotatable bonds is 4. The maximum atomic E-state index is 11.0. The third kappa shape index (κ3) is 3.04. The molecule has 0 fully saturated rings. The Hall–Kier alpha value is -2.49. The van der Waals surface area contributed by atoms with Crippen LogP contribution in [-0.2, 0) is 6.54 Å². The predicted molar refractivity (Wildman–Crippen MR) is 77.9 cm³/mol. The largest absolute Gasteiger partial charge is 0.397 e. The molecular weight excluding hydrogens is 238 g/mol. The molecule has 2 aromatic rings. The minimum absolute atomic E-state index is 0.410. The number of hydrogen-bond donors (Lipinski definition) is 2. The zero-order valence-corrected chi connectivity index (χ0v) is 10.8. The highest BCUT2D eigenvalue weighted by atomic mass is 16.1. The highest BCUT2D eigenvalue weighted by molar-refractivity contribution is 5.92. The van der Waals surface area contributed by atoms with Crippen LogP contribution in [0.15, 0.2) is 48.5 Å². The standard InChI is InChI=1S/C15H17N3O/c1-18(14-5-3-2-4-13(14)16)10-11-6-8-12(9-7-11)15(17)19/h2-9H,10,16H2,1H3,(H2,17,19). The topological polar surface area (TPSA) is 72.3 Å². The summed E-state index contributed by atoms with van der Waals surface area (Å²) in [7, 11) is 1.98. The maximum Gasteiger partial charge on any atom is 0.248 e. The second kappa shape index (κ2) is 5.44. The van der Waals surface area contributed by atoms with Crippen LogP contribution in [0.4, 0.5) is 11.4 Å². The van der Waals surface area contributed by atoms with E-state index in [1.807, 2.05) is 43.4 Å². The highest BCUT2D eigenvalue weighted by Gasteiger charge is 2.06. The average molecular weight is 255 g/mol. The van der Waals surface area contributed by atoms with Crippen LogP contribution in [0, 0.1) is 0 Å². The van der Waals surface area contributed by atoms with Gasteiger partial charge in [0.15, 0.2) is 0 Å². The van der Waals surface area contributed by atoms with E-state index in [1.54, 1.807) is 12.1 Å². The first-order chi connectivity index (χ1) is 9.08. The van der Waals surface area contributed by atoms with Crippen molar-refractivity contribution in [3.63, 3.8) is 0 Å². The van der Waals surface area contributed by atoms with Crippen molar-refractivity contribution < 1.29 is 4.79 Å². The first-order valence-electron chi connectivity index (χ1n) is 6.02. The Morgan fingerprint density at radius 3 is 2.32 bits per heavy atom. The molecule has 0 aromatic heterocycles. The van der Waals surface area contributed by atoms with Gasteiger partial charge in [0.1, 0.15) is 0 Å². The SMILES string of the molecule is CN(Cc1ccc(C(N)=O)cc1)c1ccccc1N. The highest BCUT2D eigenvalue weighted by Crippen LogP contribution is 2.22. The zero-order chi connectivity index (χ0) is 13.8. The third-order valence-electron chi connectivity index (χ3n) is 3.01. The van der Waals surface area contributed by atoms with Crippen molar-refractivity contribution in [1.29, 1.82) is 0 Å². The van der Waals surface area contributed by atoms with E-state index in [0.29, 0.717) is 12.1 Å². The first kappa shape index (κ1) is 13.0. The monoisotopic (exact) mass is 255 g/mol. The van der Waals surface area contributed by atoms with Crippen molar-refractivity contribution in [3.05, 3.63) is 59.7 Å². The molecule has 19 heavy (non-hydrogen) atoms. The summed E-state index contributed by atoms with van der Waals surface area (Å²) in [5, 5.41) is 0. The van der Waals surface area contributed by atoms with E-state index in [4.69, 9.17) is 11.5 Å². The Bertz CT molecular complexity index is 578. The molecule has 0 aliphatic heterocycles. The van der Waals surface area contributed by atoms with Crippen molar-refractivity contribution in [2.45, 2.75) is 6.54 Å². The van der Waals surface area contributed by atoms with Crippen LogP contribution < -0.4 is 16.4 Å². The van der Waals surface area contributed by atoms with Gasteiger partial charge >= 0.3 is 0 Å². The van der Waals surface area contributed by atoms with Crippen molar-refractivity contribution in [2.24, 2.45) is 5.73 Å². The Kier molecular flexibility index (Phi) is 3.71. The van der Waals surface area contributed by atoms with Crippen LogP contribution >= 0.6 is 0 Å². The molecule has 4 N–H and O–H groups in total. The van der Waals surface area contributed by atoms with Crippen LogP contribution in [0.1, 0.15) is 15.9 Å². The van der Waals surface area contributed by atoms with Crippen LogP contribution in [0.3, 0.4) is 0 Å². The zero-order valence-electron chi connectivity index (χ0n) is 10.8. The predicted octanol–water partition coefficient (Wildman–Crippen LogP) is 2.00. The van der Waals surface area contributed by atoms with Crippen molar-refractivity contribution in [3.8, 4) is 0 Å². The number of para-hydroxylation sites is 2. The number of nitrogens with two attached hydrogens (primary N) is 2. The number of benzene rings is 2. The molecule has 2 aromatic carbocycles. The second-order valence-electron chi connectivity index (χ2n) is 4.48. The first-order valence-corrected chi connectivity index (χ1v) is 6.02. The molecule has 0 bridgehead atoms. The van der Waals surface area contributed by atoms with Gasteiger partial charge in [0, 0.05) is 19.2 Å². The number of amides is 1. The maximum absolute atomic E-state index is 11.0. The molecule has 98 valence electrons. The summed E-state index contributed by atoms with van der Waals surface area (Å²) in [4.78, 5) is 13.1. The Morgan fingerprint density at radius 2 is 1.74 bits per heavy atom. The molecule has 0 aliphatic carbocycles. The third-order valence-corrected chi connectivity index (χ3v) is 3.01. The van der Waals surface area contributed by atoms with Crippen molar-refractivity contribution in [1.82, 2.24) is 0 Å². The van der Waals surface area contributed by atoms with E-state index in [9.17, 15) is 4.79 Å². The van der Waals surface area contributed by atoms with Gasteiger partial charge in [-0.3, -0.25) is 4.79 Å². The lowest BCUT2D eigenvalue weighted by Gasteiger charge is -2.21. The molecule has 0 saturated heterocycles. The van der Waals surface area contributed by atoms with Gasteiger partial charge in [-0.25, -0.2) is 0 Å². The van der Waals surface area contributed by atoms with Crippen LogP contribution in [0.2, 0.25) is 0 Å². The van der Waals surface area contributed by atoms with E-state index in [0.717, 1.165) is 16.9 Å². The molecular formula is C15H17N3O. The Labute approximate surface area is 112 Å². The summed E-state index contributed by atoms with van der Waals surface area (Å²) in [6, 6.07) is 15.0. The number of hydrogen-bond acceptors (Lipinski definition) is 3. The summed E-state index contributed by atoms with van der Waals surface area (Å²) in [6.07, 6.45) is 0. The average Bonchev–Trinajstić information content (AvgIpc) is 2.39. The van der Waals surface area contributed by atoms with Gasteiger partial charge in [-0.15, -0.1) is 0 Å². The fourth-order valence-electron chi connectivity index (χ4n) is 1.97. The summed E-state index contributed by atoms with van der Waals surface area (Å²) >= 11 is 0. The molecule has 1 amide bonds. The van der Waals surface area contributed by atoms with Gasteiger partial charge < -0.3 is 16.4 Å². The second-order valence-corrected chi connectivity index (χ2v) is 4.48. The van der Waals surface area contributed by atoms with E-state index >= 15 is 0 Å². The van der Waals surface area contributed by atoms with Crippen molar-refractivity contribution >= 4 is 17.3 Å². The molecule has 0 unspecified atom stereocenters. The number of nitrogens with zero attached hydrogens (tertiary/aromatic N) is 1. The summed E-state index contributed by atoms with van der Waals surface area (Å²) in [5.41, 5.74) is 14.5. The number of carbonyl (C=O) groups excluding carboxylic acids is 1. The molecule has 4 heteroatoms. The Morgan fingerprint density at radius 1 is 1.11 bits per heavy atom. The van der Waals surface area contributed by atoms with Gasteiger partial charge in [-0.1, -0.05) is 24.3 Å². The van der Waals surface area contributed by atoms with E-state index in [2.05, 4.69) is 4.90 Å². The van der Waals surface area contributed by atoms with Gasteiger partial charge in [-0.05, 0) is 29.8 Å². The van der Waals surface area contributed by atoms with E-state index in [1.165, 1.54) is 0 Å². The van der Waals surface area contributed by atoms with Gasteiger partial charge in [-0.2, -0.15) is 0 Å². The summed E-state index contributed by atoms with van der Waals surface area (Å²) < 4.78 is 0. The fourth-order valence-corrected chi connectivity index (χ4v) is 1.97. The number of nitrogen functional groups attached to an aromatic ring is 1. The molecule has 0 saturated carbocycles. The molecule has 0 aliphatic rings. The lowest BCUT2D eigenvalue weighted by Crippen LogP contribution is -2.18. The fraction of sp³-hybridized carbons (Fsp3) is 0.133. The van der Waals surface area contributed by atoms with Crippen LogP contribution in [0.25, 0.3) is 0 Å². The lowest BCUT2D eigenvalue weighted by molar-refractivity contribution is 0.100. The van der Waals surface area contributed by atoms with E-state index < -0.39 is 5.91 Å².